The first kappa shape index (κ1) is 14.8. The van der Waals surface area contributed by atoms with Crippen LogP contribution in [-0.4, -0.2) is 24.4 Å². The minimum absolute atomic E-state index is 0.160. The summed E-state index contributed by atoms with van der Waals surface area (Å²) in [4.78, 5) is 0. The lowest BCUT2D eigenvalue weighted by Crippen LogP contribution is -2.49. The lowest BCUT2D eigenvalue weighted by atomic mass is 9.82. The molecule has 4 nitrogen and oxygen atoms in total. The zero-order chi connectivity index (χ0) is 14.4. The van der Waals surface area contributed by atoms with Gasteiger partial charge in [-0.15, -0.1) is 0 Å². The maximum absolute atomic E-state index is 9.70. The lowest BCUT2D eigenvalue weighted by molar-refractivity contribution is 0.119. The predicted molar refractivity (Wildman–Crippen MR) is 77.5 cm³/mol. The van der Waals surface area contributed by atoms with E-state index in [0.29, 0.717) is 12.1 Å². The Morgan fingerprint density at radius 2 is 2.10 bits per heavy atom. The Hall–Kier alpha value is -1.57. The van der Waals surface area contributed by atoms with Crippen LogP contribution in [0.4, 0.5) is 0 Å². The van der Waals surface area contributed by atoms with E-state index in [9.17, 15) is 5.11 Å². The Balaban J connectivity index is 2.11. The molecule has 1 aliphatic rings. The molecule has 0 atom stereocenters. The molecule has 0 amide bonds. The molecule has 0 aliphatic heterocycles. The molecule has 0 unspecified atom stereocenters. The molecule has 2 rings (SSSR count). The molecule has 1 aliphatic carbocycles. The molecule has 0 spiro atoms. The van der Waals surface area contributed by atoms with E-state index in [-0.39, 0.29) is 12.1 Å². The van der Waals surface area contributed by atoms with Crippen molar-refractivity contribution in [3.63, 3.8) is 0 Å². The number of aliphatic hydroxyl groups is 1. The normalized spacial score (nSPS) is 17.4. The summed E-state index contributed by atoms with van der Waals surface area (Å²) in [5, 5.41) is 22.2. The molecule has 1 fully saturated rings. The molecular weight excluding hydrogens is 252 g/mol. The number of ether oxygens (including phenoxy) is 1. The third-order valence-electron chi connectivity index (χ3n) is 4.18. The SMILES string of the molecule is COc1ccc(C#N)cc1CNC1(CO)CCCCC1. The predicted octanol–water partition coefficient (Wildman–Crippen LogP) is 2.35. The number of nitrogens with zero attached hydrogens (tertiary/aromatic N) is 1. The number of rotatable bonds is 5. The van der Waals surface area contributed by atoms with E-state index in [0.717, 1.165) is 37.0 Å². The fourth-order valence-corrected chi connectivity index (χ4v) is 2.89. The molecule has 2 N–H and O–H groups in total. The summed E-state index contributed by atoms with van der Waals surface area (Å²) in [7, 11) is 1.63. The number of methoxy groups -OCH3 is 1. The zero-order valence-corrected chi connectivity index (χ0v) is 12.0. The third kappa shape index (κ3) is 3.30. The highest BCUT2D eigenvalue weighted by Gasteiger charge is 2.30. The average Bonchev–Trinajstić information content (AvgIpc) is 2.53. The van der Waals surface area contributed by atoms with Gasteiger partial charge >= 0.3 is 0 Å². The van der Waals surface area contributed by atoms with Gasteiger partial charge in [-0.05, 0) is 31.0 Å². The van der Waals surface area contributed by atoms with Gasteiger partial charge in [0.1, 0.15) is 5.75 Å². The Kier molecular flexibility index (Phi) is 4.99. The minimum Gasteiger partial charge on any atom is -0.496 e. The third-order valence-corrected chi connectivity index (χ3v) is 4.18. The summed E-state index contributed by atoms with van der Waals surface area (Å²) >= 11 is 0. The number of nitriles is 1. The van der Waals surface area contributed by atoms with Crippen molar-refractivity contribution < 1.29 is 9.84 Å². The fraction of sp³-hybridized carbons (Fsp3) is 0.562. The highest BCUT2D eigenvalue weighted by molar-refractivity contribution is 5.42. The minimum atomic E-state index is -0.175. The largest absolute Gasteiger partial charge is 0.496 e. The lowest BCUT2D eigenvalue weighted by Gasteiger charge is -2.37. The van der Waals surface area contributed by atoms with Gasteiger partial charge in [0.05, 0.1) is 25.3 Å². The van der Waals surface area contributed by atoms with Crippen LogP contribution in [0.2, 0.25) is 0 Å². The van der Waals surface area contributed by atoms with Crippen LogP contribution in [0.5, 0.6) is 5.75 Å². The molecule has 1 aromatic carbocycles. The second-order valence-corrected chi connectivity index (χ2v) is 5.49. The standard InChI is InChI=1S/C16H22N2O2/c1-20-15-6-5-13(10-17)9-14(15)11-18-16(12-19)7-3-2-4-8-16/h5-6,9,18-19H,2-4,7-8,11-12H2,1H3. The number of benzene rings is 1. The summed E-state index contributed by atoms with van der Waals surface area (Å²) < 4.78 is 5.34. The number of hydrogen-bond acceptors (Lipinski definition) is 4. The van der Waals surface area contributed by atoms with Crippen LogP contribution in [0.1, 0.15) is 43.2 Å². The fourth-order valence-electron chi connectivity index (χ4n) is 2.89. The molecule has 108 valence electrons. The highest BCUT2D eigenvalue weighted by atomic mass is 16.5. The van der Waals surface area contributed by atoms with E-state index in [1.54, 1.807) is 13.2 Å². The van der Waals surface area contributed by atoms with Crippen LogP contribution in [0.3, 0.4) is 0 Å². The number of hydrogen-bond donors (Lipinski definition) is 2. The molecule has 0 radical (unpaired) electrons. The van der Waals surface area contributed by atoms with Crippen LogP contribution in [0.25, 0.3) is 0 Å². The van der Waals surface area contributed by atoms with Gasteiger partial charge in [0, 0.05) is 17.6 Å². The van der Waals surface area contributed by atoms with Crippen LogP contribution < -0.4 is 10.1 Å². The van der Waals surface area contributed by atoms with Crippen molar-refractivity contribution >= 4 is 0 Å². The highest BCUT2D eigenvalue weighted by Crippen LogP contribution is 2.29. The van der Waals surface area contributed by atoms with E-state index >= 15 is 0 Å². The van der Waals surface area contributed by atoms with E-state index in [2.05, 4.69) is 11.4 Å². The van der Waals surface area contributed by atoms with E-state index in [1.807, 2.05) is 12.1 Å². The van der Waals surface area contributed by atoms with Gasteiger partial charge in [-0.1, -0.05) is 19.3 Å². The number of aliphatic hydroxyl groups excluding tert-OH is 1. The molecule has 20 heavy (non-hydrogen) atoms. The van der Waals surface area contributed by atoms with Crippen LogP contribution in [0, 0.1) is 11.3 Å². The van der Waals surface area contributed by atoms with Crippen molar-refractivity contribution in [3.8, 4) is 11.8 Å². The second kappa shape index (κ2) is 6.74. The molecular formula is C16H22N2O2. The van der Waals surface area contributed by atoms with Gasteiger partial charge in [-0.3, -0.25) is 0 Å². The van der Waals surface area contributed by atoms with E-state index < -0.39 is 0 Å². The van der Waals surface area contributed by atoms with Gasteiger partial charge in [-0.25, -0.2) is 0 Å². The summed E-state index contributed by atoms with van der Waals surface area (Å²) in [6, 6.07) is 7.57. The molecule has 1 aromatic rings. The quantitative estimate of drug-likeness (QED) is 0.865. The maximum atomic E-state index is 9.70. The molecule has 0 aromatic heterocycles. The molecule has 0 heterocycles. The Labute approximate surface area is 120 Å². The van der Waals surface area contributed by atoms with Crippen molar-refractivity contribution in [2.45, 2.75) is 44.2 Å². The number of nitrogens with one attached hydrogen (secondary N) is 1. The molecule has 1 saturated carbocycles. The summed E-state index contributed by atoms with van der Waals surface area (Å²) in [6.45, 7) is 0.770. The first-order valence-electron chi connectivity index (χ1n) is 7.16. The summed E-state index contributed by atoms with van der Waals surface area (Å²) in [5.41, 5.74) is 1.42. The van der Waals surface area contributed by atoms with Gasteiger partial charge in [0.25, 0.3) is 0 Å². The monoisotopic (exact) mass is 274 g/mol. The van der Waals surface area contributed by atoms with Crippen molar-refractivity contribution in [2.24, 2.45) is 0 Å². The Morgan fingerprint density at radius 1 is 1.35 bits per heavy atom. The van der Waals surface area contributed by atoms with Crippen LogP contribution in [0.15, 0.2) is 18.2 Å². The van der Waals surface area contributed by atoms with Crippen molar-refractivity contribution in [1.29, 1.82) is 5.26 Å². The Bertz CT molecular complexity index is 488. The molecule has 4 heteroatoms. The van der Waals surface area contributed by atoms with Gasteiger partial charge in [-0.2, -0.15) is 5.26 Å². The zero-order valence-electron chi connectivity index (χ0n) is 12.0. The van der Waals surface area contributed by atoms with Crippen molar-refractivity contribution in [1.82, 2.24) is 5.32 Å². The first-order valence-corrected chi connectivity index (χ1v) is 7.16. The topological polar surface area (TPSA) is 65.3 Å². The van der Waals surface area contributed by atoms with Crippen LogP contribution in [-0.2, 0) is 6.54 Å². The second-order valence-electron chi connectivity index (χ2n) is 5.49. The van der Waals surface area contributed by atoms with Crippen molar-refractivity contribution in [2.75, 3.05) is 13.7 Å². The smallest absolute Gasteiger partial charge is 0.123 e. The Morgan fingerprint density at radius 3 is 2.70 bits per heavy atom. The molecule has 0 saturated heterocycles. The average molecular weight is 274 g/mol. The van der Waals surface area contributed by atoms with Gasteiger partial charge < -0.3 is 15.2 Å². The maximum Gasteiger partial charge on any atom is 0.123 e. The molecule has 0 bridgehead atoms. The van der Waals surface area contributed by atoms with Gasteiger partial charge in [0.15, 0.2) is 0 Å². The van der Waals surface area contributed by atoms with Crippen molar-refractivity contribution in [3.05, 3.63) is 29.3 Å². The summed E-state index contributed by atoms with van der Waals surface area (Å²) in [6.07, 6.45) is 5.57. The van der Waals surface area contributed by atoms with Crippen LogP contribution >= 0.6 is 0 Å². The summed E-state index contributed by atoms with van der Waals surface area (Å²) in [5.74, 6) is 0.778. The first-order chi connectivity index (χ1) is 9.73. The van der Waals surface area contributed by atoms with E-state index in [4.69, 9.17) is 10.00 Å². The van der Waals surface area contributed by atoms with Gasteiger partial charge in [0.2, 0.25) is 0 Å². The van der Waals surface area contributed by atoms with E-state index in [1.165, 1.54) is 6.42 Å².